The summed E-state index contributed by atoms with van der Waals surface area (Å²) in [5.74, 6) is -0.755. The van der Waals surface area contributed by atoms with Gasteiger partial charge in [-0.25, -0.2) is 4.98 Å². The van der Waals surface area contributed by atoms with Crippen molar-refractivity contribution in [2.45, 2.75) is 18.3 Å². The van der Waals surface area contributed by atoms with Crippen molar-refractivity contribution in [2.75, 3.05) is 11.1 Å². The molecule has 6 nitrogen and oxygen atoms in total. The molecule has 0 saturated carbocycles. The number of thioether (sulfide) groups is 1. The fourth-order valence-corrected chi connectivity index (χ4v) is 3.33. The summed E-state index contributed by atoms with van der Waals surface area (Å²) in [5, 5.41) is 10.9. The summed E-state index contributed by atoms with van der Waals surface area (Å²) in [6.07, 6.45) is -2.49. The van der Waals surface area contributed by atoms with Gasteiger partial charge in [-0.05, 0) is 30.7 Å². The number of amides is 1. The van der Waals surface area contributed by atoms with Crippen LogP contribution in [0.1, 0.15) is 11.1 Å². The summed E-state index contributed by atoms with van der Waals surface area (Å²) in [6.45, 7) is 1.87. The highest BCUT2D eigenvalue weighted by Crippen LogP contribution is 2.32. The van der Waals surface area contributed by atoms with Gasteiger partial charge in [0.1, 0.15) is 6.33 Å². The van der Waals surface area contributed by atoms with Gasteiger partial charge in [0.05, 0.1) is 22.0 Å². The maximum atomic E-state index is 12.7. The third kappa shape index (κ3) is 5.20. The maximum absolute atomic E-state index is 12.7. The summed E-state index contributed by atoms with van der Waals surface area (Å²) in [7, 11) is 0. The van der Waals surface area contributed by atoms with Crippen LogP contribution < -0.4 is 5.32 Å². The lowest BCUT2D eigenvalue weighted by Gasteiger charge is -2.10. The zero-order chi connectivity index (χ0) is 21.2. The topological polar surface area (TPSA) is 72.7 Å². The molecule has 1 N–H and O–H groups in total. The van der Waals surface area contributed by atoms with Crippen molar-refractivity contribution in [2.24, 2.45) is 0 Å². The van der Waals surface area contributed by atoms with Gasteiger partial charge in [0.2, 0.25) is 5.91 Å². The van der Waals surface area contributed by atoms with Crippen molar-refractivity contribution in [3.63, 3.8) is 0 Å². The van der Waals surface area contributed by atoms with Crippen LogP contribution in [0.4, 0.5) is 19.0 Å². The minimum atomic E-state index is -4.57. The molecule has 0 aliphatic rings. The van der Waals surface area contributed by atoms with Crippen LogP contribution in [0.2, 0.25) is 10.0 Å². The molecular weight excluding hydrogens is 450 g/mol. The van der Waals surface area contributed by atoms with E-state index >= 15 is 0 Å². The Morgan fingerprint density at radius 1 is 1.24 bits per heavy atom. The van der Waals surface area contributed by atoms with Gasteiger partial charge in [0.15, 0.2) is 11.0 Å². The van der Waals surface area contributed by atoms with Crippen molar-refractivity contribution in [1.82, 2.24) is 19.7 Å². The number of halogens is 5. The zero-order valence-electron chi connectivity index (χ0n) is 14.7. The number of rotatable bonds is 5. The Morgan fingerprint density at radius 3 is 2.66 bits per heavy atom. The van der Waals surface area contributed by atoms with Crippen LogP contribution in [0, 0.1) is 6.92 Å². The summed E-state index contributed by atoms with van der Waals surface area (Å²) in [6, 6.07) is 6.13. The van der Waals surface area contributed by atoms with Crippen LogP contribution in [0.5, 0.6) is 0 Å². The molecule has 12 heteroatoms. The fraction of sp³-hybridized carbons (Fsp3) is 0.176. The van der Waals surface area contributed by atoms with Gasteiger partial charge in [-0.15, -0.1) is 10.2 Å². The average Bonchev–Trinajstić information content (AvgIpc) is 3.11. The Bertz CT molecular complexity index is 1060. The first kappa shape index (κ1) is 21.4. The molecule has 0 bridgehead atoms. The number of alkyl halides is 3. The number of aromatic nitrogens is 4. The van der Waals surface area contributed by atoms with E-state index in [-0.39, 0.29) is 16.6 Å². The van der Waals surface area contributed by atoms with E-state index in [9.17, 15) is 18.0 Å². The maximum Gasteiger partial charge on any atom is 0.417 e. The predicted octanol–water partition coefficient (Wildman–Crippen LogP) is 5.03. The molecule has 0 unspecified atom stereocenters. The molecular formula is C17H12Cl2F3N5OS. The monoisotopic (exact) mass is 461 g/mol. The van der Waals surface area contributed by atoms with E-state index in [1.165, 1.54) is 6.33 Å². The van der Waals surface area contributed by atoms with Gasteiger partial charge in [-0.1, -0.05) is 41.0 Å². The summed E-state index contributed by atoms with van der Waals surface area (Å²) in [5.41, 5.74) is 0.638. The van der Waals surface area contributed by atoms with Gasteiger partial charge < -0.3 is 5.32 Å². The van der Waals surface area contributed by atoms with E-state index in [1.54, 1.807) is 10.6 Å². The van der Waals surface area contributed by atoms with E-state index in [2.05, 4.69) is 20.5 Å². The Kier molecular flexibility index (Phi) is 6.35. The minimum Gasteiger partial charge on any atom is -0.309 e. The summed E-state index contributed by atoms with van der Waals surface area (Å²) < 4.78 is 39.6. The number of hydrogen-bond donors (Lipinski definition) is 1. The van der Waals surface area contributed by atoms with Crippen molar-refractivity contribution < 1.29 is 18.0 Å². The predicted molar refractivity (Wildman–Crippen MR) is 105 cm³/mol. The van der Waals surface area contributed by atoms with E-state index < -0.39 is 17.6 Å². The third-order valence-corrected chi connectivity index (χ3v) is 5.35. The summed E-state index contributed by atoms with van der Waals surface area (Å²) >= 11 is 13.0. The standard InChI is InChI=1S/C17H12Cl2F3N5OS/c1-9-2-3-11(5-12(9)18)27-8-24-26-16(27)29-7-14(28)25-15-13(19)4-10(6-23-15)17(20,21)22/h2-6,8H,7H2,1H3,(H,23,25,28). The smallest absolute Gasteiger partial charge is 0.309 e. The van der Waals surface area contributed by atoms with Crippen molar-refractivity contribution in [1.29, 1.82) is 0 Å². The molecule has 2 heterocycles. The SMILES string of the molecule is Cc1ccc(-n2cnnc2SCC(=O)Nc2ncc(C(F)(F)F)cc2Cl)cc1Cl. The number of benzene rings is 1. The number of aryl methyl sites for hydroxylation is 1. The van der Waals surface area contributed by atoms with E-state index in [4.69, 9.17) is 23.2 Å². The van der Waals surface area contributed by atoms with Crippen LogP contribution in [-0.2, 0) is 11.0 Å². The second-order valence-corrected chi connectivity index (χ2v) is 7.56. The lowest BCUT2D eigenvalue weighted by atomic mass is 10.2. The molecule has 0 atom stereocenters. The molecule has 0 aliphatic carbocycles. The molecule has 0 aliphatic heterocycles. The zero-order valence-corrected chi connectivity index (χ0v) is 17.0. The lowest BCUT2D eigenvalue weighted by molar-refractivity contribution is -0.137. The summed E-state index contributed by atoms with van der Waals surface area (Å²) in [4.78, 5) is 15.7. The Balaban J connectivity index is 1.66. The minimum absolute atomic E-state index is 0.0860. The molecule has 3 rings (SSSR count). The number of hydrogen-bond acceptors (Lipinski definition) is 5. The van der Waals surface area contributed by atoms with Gasteiger partial charge >= 0.3 is 6.18 Å². The largest absolute Gasteiger partial charge is 0.417 e. The molecule has 152 valence electrons. The second-order valence-electron chi connectivity index (χ2n) is 5.81. The Labute approximate surface area is 177 Å². The van der Waals surface area contributed by atoms with Gasteiger partial charge in [0.25, 0.3) is 0 Å². The number of pyridine rings is 1. The lowest BCUT2D eigenvalue weighted by Crippen LogP contribution is -2.16. The Morgan fingerprint density at radius 2 is 2.00 bits per heavy atom. The highest BCUT2D eigenvalue weighted by atomic mass is 35.5. The fourth-order valence-electron chi connectivity index (χ4n) is 2.21. The van der Waals surface area contributed by atoms with Gasteiger partial charge in [-0.2, -0.15) is 13.2 Å². The van der Waals surface area contributed by atoms with Gasteiger partial charge in [-0.3, -0.25) is 9.36 Å². The van der Waals surface area contributed by atoms with Crippen molar-refractivity contribution >= 4 is 46.7 Å². The second kappa shape index (κ2) is 8.60. The number of nitrogens with one attached hydrogen (secondary N) is 1. The van der Waals surface area contributed by atoms with E-state index in [0.29, 0.717) is 22.4 Å². The van der Waals surface area contributed by atoms with Crippen LogP contribution >= 0.6 is 35.0 Å². The molecule has 0 radical (unpaired) electrons. The molecule has 1 aromatic carbocycles. The molecule has 3 aromatic rings. The van der Waals surface area contributed by atoms with E-state index in [1.807, 2.05) is 19.1 Å². The molecule has 0 saturated heterocycles. The van der Waals surface area contributed by atoms with E-state index in [0.717, 1.165) is 23.0 Å². The Hall–Kier alpha value is -2.30. The third-order valence-electron chi connectivity index (χ3n) is 3.71. The van der Waals surface area contributed by atoms with Crippen LogP contribution in [0.15, 0.2) is 41.9 Å². The van der Waals surface area contributed by atoms with Gasteiger partial charge in [0, 0.05) is 11.2 Å². The number of nitrogens with zero attached hydrogens (tertiary/aromatic N) is 4. The molecule has 2 aromatic heterocycles. The first-order chi connectivity index (χ1) is 13.6. The van der Waals surface area contributed by atoms with Crippen molar-refractivity contribution in [3.8, 4) is 5.69 Å². The average molecular weight is 462 g/mol. The number of carbonyl (C=O) groups is 1. The molecule has 0 fully saturated rings. The normalized spacial score (nSPS) is 11.5. The number of carbonyl (C=O) groups excluding carboxylic acids is 1. The van der Waals surface area contributed by atoms with Crippen LogP contribution in [-0.4, -0.2) is 31.4 Å². The molecule has 0 spiro atoms. The number of anilines is 1. The van der Waals surface area contributed by atoms with Crippen LogP contribution in [0.3, 0.4) is 0 Å². The molecule has 1 amide bonds. The quantitative estimate of drug-likeness (QED) is 0.539. The first-order valence-corrected chi connectivity index (χ1v) is 9.71. The van der Waals surface area contributed by atoms with Crippen LogP contribution in [0.25, 0.3) is 5.69 Å². The van der Waals surface area contributed by atoms with Crippen molar-refractivity contribution in [3.05, 3.63) is 58.0 Å². The highest BCUT2D eigenvalue weighted by Gasteiger charge is 2.31. The first-order valence-electron chi connectivity index (χ1n) is 7.97. The molecule has 29 heavy (non-hydrogen) atoms. The highest BCUT2D eigenvalue weighted by molar-refractivity contribution is 7.99.